The standard InChI is InChI=1S/C21H21ClN4O2/c1-15-16(14-26(25-15)18-7-5-4-6-8-18)13-23-24-20(27)21(2,3)28-19-11-9-17(22)10-12-19/h4-14H,1-3H3,(H,24,27)/b23-13-. The van der Waals surface area contributed by atoms with Crippen molar-refractivity contribution in [2.75, 3.05) is 0 Å². The van der Waals surface area contributed by atoms with Crippen LogP contribution < -0.4 is 10.2 Å². The van der Waals surface area contributed by atoms with Gasteiger partial charge in [0.2, 0.25) is 0 Å². The fraction of sp³-hybridized carbons (Fsp3) is 0.190. The number of nitrogens with one attached hydrogen (secondary N) is 1. The average Bonchev–Trinajstić information content (AvgIpc) is 3.05. The summed E-state index contributed by atoms with van der Waals surface area (Å²) in [6.07, 6.45) is 3.42. The minimum atomic E-state index is -1.10. The molecule has 1 heterocycles. The summed E-state index contributed by atoms with van der Waals surface area (Å²) in [5, 5.41) is 9.12. The van der Waals surface area contributed by atoms with E-state index in [4.69, 9.17) is 16.3 Å². The monoisotopic (exact) mass is 396 g/mol. The maximum absolute atomic E-state index is 12.4. The number of amides is 1. The molecule has 0 saturated carbocycles. The molecule has 144 valence electrons. The Bertz CT molecular complexity index is 979. The van der Waals surface area contributed by atoms with Crippen LogP contribution in [0.15, 0.2) is 65.9 Å². The van der Waals surface area contributed by atoms with Crippen LogP contribution in [0.2, 0.25) is 5.02 Å². The van der Waals surface area contributed by atoms with E-state index >= 15 is 0 Å². The molecule has 3 aromatic rings. The molecule has 0 saturated heterocycles. The Morgan fingerprint density at radius 1 is 1.18 bits per heavy atom. The first kappa shape index (κ1) is 19.6. The van der Waals surface area contributed by atoms with Crippen molar-refractivity contribution in [1.29, 1.82) is 0 Å². The van der Waals surface area contributed by atoms with Gasteiger partial charge in [-0.25, -0.2) is 10.1 Å². The Hall–Kier alpha value is -3.12. The van der Waals surface area contributed by atoms with E-state index in [0.717, 1.165) is 16.9 Å². The molecule has 1 N–H and O–H groups in total. The summed E-state index contributed by atoms with van der Waals surface area (Å²) >= 11 is 5.86. The van der Waals surface area contributed by atoms with Crippen LogP contribution in [0.4, 0.5) is 0 Å². The molecule has 0 radical (unpaired) electrons. The summed E-state index contributed by atoms with van der Waals surface area (Å²) in [7, 11) is 0. The zero-order chi connectivity index (χ0) is 20.1. The molecule has 3 rings (SSSR count). The Balaban J connectivity index is 1.64. The second-order valence-corrected chi connectivity index (χ2v) is 7.15. The first-order valence-corrected chi connectivity index (χ1v) is 9.13. The Kier molecular flexibility index (Phi) is 5.80. The molecule has 0 atom stereocenters. The third-order valence-electron chi connectivity index (χ3n) is 4.06. The summed E-state index contributed by atoms with van der Waals surface area (Å²) in [5.74, 6) is 0.181. The molecular weight excluding hydrogens is 376 g/mol. The molecule has 2 aromatic carbocycles. The minimum absolute atomic E-state index is 0.369. The molecule has 1 aromatic heterocycles. The van der Waals surface area contributed by atoms with E-state index in [1.165, 1.54) is 0 Å². The molecule has 0 fully saturated rings. The van der Waals surface area contributed by atoms with Crippen molar-refractivity contribution >= 4 is 23.7 Å². The number of aromatic nitrogens is 2. The first-order valence-electron chi connectivity index (χ1n) is 8.75. The Morgan fingerprint density at radius 2 is 1.86 bits per heavy atom. The van der Waals surface area contributed by atoms with Crippen molar-refractivity contribution < 1.29 is 9.53 Å². The number of para-hydroxylation sites is 1. The quantitative estimate of drug-likeness (QED) is 0.503. The lowest BCUT2D eigenvalue weighted by Gasteiger charge is -2.24. The smallest absolute Gasteiger partial charge is 0.283 e. The average molecular weight is 397 g/mol. The Labute approximate surface area is 168 Å². The van der Waals surface area contributed by atoms with Gasteiger partial charge in [0.25, 0.3) is 5.91 Å². The molecular formula is C21H21ClN4O2. The first-order chi connectivity index (χ1) is 13.3. The summed E-state index contributed by atoms with van der Waals surface area (Å²) in [6.45, 7) is 5.23. The highest BCUT2D eigenvalue weighted by Crippen LogP contribution is 2.21. The number of benzene rings is 2. The van der Waals surface area contributed by atoms with Gasteiger partial charge >= 0.3 is 0 Å². The fourth-order valence-corrected chi connectivity index (χ4v) is 2.58. The van der Waals surface area contributed by atoms with E-state index in [1.54, 1.807) is 49.0 Å². The van der Waals surface area contributed by atoms with Crippen molar-refractivity contribution in [3.05, 3.63) is 77.1 Å². The molecule has 0 bridgehead atoms. The maximum atomic E-state index is 12.4. The highest BCUT2D eigenvalue weighted by Gasteiger charge is 2.29. The lowest BCUT2D eigenvalue weighted by Crippen LogP contribution is -2.44. The van der Waals surface area contributed by atoms with Gasteiger partial charge in [-0.1, -0.05) is 29.8 Å². The molecule has 0 aliphatic heterocycles. The van der Waals surface area contributed by atoms with Gasteiger partial charge in [0, 0.05) is 16.8 Å². The van der Waals surface area contributed by atoms with Crippen molar-refractivity contribution in [3.63, 3.8) is 0 Å². The van der Waals surface area contributed by atoms with E-state index in [-0.39, 0.29) is 5.91 Å². The minimum Gasteiger partial charge on any atom is -0.478 e. The molecule has 6 nitrogen and oxygen atoms in total. The molecule has 0 unspecified atom stereocenters. The van der Waals surface area contributed by atoms with Crippen molar-refractivity contribution in [2.24, 2.45) is 5.10 Å². The third kappa shape index (κ3) is 4.78. The van der Waals surface area contributed by atoms with Crippen molar-refractivity contribution in [1.82, 2.24) is 15.2 Å². The van der Waals surface area contributed by atoms with Crippen LogP contribution in [0.3, 0.4) is 0 Å². The largest absolute Gasteiger partial charge is 0.478 e. The zero-order valence-electron chi connectivity index (χ0n) is 15.9. The predicted molar refractivity (Wildman–Crippen MR) is 110 cm³/mol. The topological polar surface area (TPSA) is 68.5 Å². The van der Waals surface area contributed by atoms with Gasteiger partial charge in [-0.05, 0) is 57.2 Å². The van der Waals surface area contributed by atoms with Gasteiger partial charge in [0.05, 0.1) is 17.6 Å². The highest BCUT2D eigenvalue weighted by atomic mass is 35.5. The van der Waals surface area contributed by atoms with Crippen LogP contribution >= 0.6 is 11.6 Å². The number of aryl methyl sites for hydroxylation is 1. The van der Waals surface area contributed by atoms with Crippen LogP contribution in [-0.2, 0) is 4.79 Å². The molecule has 1 amide bonds. The summed E-state index contributed by atoms with van der Waals surface area (Å²) in [6, 6.07) is 16.6. The summed E-state index contributed by atoms with van der Waals surface area (Å²) in [4.78, 5) is 12.4. The highest BCUT2D eigenvalue weighted by molar-refractivity contribution is 6.30. The summed E-state index contributed by atoms with van der Waals surface area (Å²) in [5.41, 5.74) is 3.98. The second kappa shape index (κ2) is 8.27. The number of hydrogen-bond donors (Lipinski definition) is 1. The molecule has 0 spiro atoms. The van der Waals surface area contributed by atoms with Gasteiger partial charge in [-0.15, -0.1) is 0 Å². The third-order valence-corrected chi connectivity index (χ3v) is 4.31. The van der Waals surface area contributed by atoms with Gasteiger partial charge < -0.3 is 4.74 Å². The van der Waals surface area contributed by atoms with Gasteiger partial charge in [0.1, 0.15) is 5.75 Å². The second-order valence-electron chi connectivity index (χ2n) is 6.72. The number of ether oxygens (including phenoxy) is 1. The number of hydrogen-bond acceptors (Lipinski definition) is 4. The molecule has 28 heavy (non-hydrogen) atoms. The summed E-state index contributed by atoms with van der Waals surface area (Å²) < 4.78 is 7.52. The lowest BCUT2D eigenvalue weighted by molar-refractivity contribution is -0.134. The van der Waals surface area contributed by atoms with E-state index in [0.29, 0.717) is 10.8 Å². The van der Waals surface area contributed by atoms with Crippen LogP contribution in [0.5, 0.6) is 5.75 Å². The number of carbonyl (C=O) groups is 1. The normalized spacial score (nSPS) is 11.6. The van der Waals surface area contributed by atoms with Crippen LogP contribution in [0, 0.1) is 6.92 Å². The fourth-order valence-electron chi connectivity index (χ4n) is 2.45. The number of carbonyl (C=O) groups excluding carboxylic acids is 1. The maximum Gasteiger partial charge on any atom is 0.283 e. The van der Waals surface area contributed by atoms with Gasteiger partial charge in [0.15, 0.2) is 5.60 Å². The zero-order valence-corrected chi connectivity index (χ0v) is 16.6. The molecule has 7 heteroatoms. The van der Waals surface area contributed by atoms with E-state index < -0.39 is 5.60 Å². The molecule has 0 aliphatic rings. The van der Waals surface area contributed by atoms with E-state index in [2.05, 4.69) is 15.6 Å². The number of halogens is 1. The number of nitrogens with zero attached hydrogens (tertiary/aromatic N) is 3. The SMILES string of the molecule is Cc1nn(-c2ccccc2)cc1/C=N\NC(=O)C(C)(C)Oc1ccc(Cl)cc1. The van der Waals surface area contributed by atoms with Crippen LogP contribution in [0.25, 0.3) is 5.69 Å². The van der Waals surface area contributed by atoms with E-state index in [9.17, 15) is 4.79 Å². The predicted octanol–water partition coefficient (Wildman–Crippen LogP) is 4.14. The van der Waals surface area contributed by atoms with Crippen LogP contribution in [0.1, 0.15) is 25.1 Å². The lowest BCUT2D eigenvalue weighted by atomic mass is 10.1. The van der Waals surface area contributed by atoms with E-state index in [1.807, 2.05) is 43.5 Å². The van der Waals surface area contributed by atoms with Crippen molar-refractivity contribution in [2.45, 2.75) is 26.4 Å². The number of rotatable bonds is 6. The molecule has 0 aliphatic carbocycles. The van der Waals surface area contributed by atoms with Crippen LogP contribution in [-0.4, -0.2) is 27.5 Å². The van der Waals surface area contributed by atoms with Crippen molar-refractivity contribution in [3.8, 4) is 11.4 Å². The van der Waals surface area contributed by atoms with Gasteiger partial charge in [-0.3, -0.25) is 4.79 Å². The van der Waals surface area contributed by atoms with Gasteiger partial charge in [-0.2, -0.15) is 10.2 Å². The Morgan fingerprint density at radius 3 is 2.54 bits per heavy atom. The number of hydrazone groups is 1.